The quantitative estimate of drug-likeness (QED) is 0.606. The molecule has 4 heteroatoms. The Hall–Kier alpha value is -3.66. The summed E-state index contributed by atoms with van der Waals surface area (Å²) in [5, 5.41) is 3.02. The third kappa shape index (κ3) is 4.15. The van der Waals surface area contributed by atoms with Crippen molar-refractivity contribution in [2.24, 2.45) is 0 Å². The first-order valence-corrected chi connectivity index (χ1v) is 10.6. The van der Waals surface area contributed by atoms with E-state index in [-0.39, 0.29) is 17.7 Å². The molecule has 0 radical (unpaired) electrons. The molecule has 4 rings (SSSR count). The molecule has 4 nitrogen and oxygen atoms in total. The molecule has 3 aromatic rings. The maximum atomic E-state index is 12.9. The summed E-state index contributed by atoms with van der Waals surface area (Å²) < 4.78 is 0. The molecule has 0 saturated heterocycles. The van der Waals surface area contributed by atoms with Gasteiger partial charge in [-0.2, -0.15) is 0 Å². The minimum atomic E-state index is -0.626. The van der Waals surface area contributed by atoms with Crippen LogP contribution in [0.4, 0.5) is 0 Å². The molecule has 1 heterocycles. The van der Waals surface area contributed by atoms with Gasteiger partial charge in [0.1, 0.15) is 6.04 Å². The first-order chi connectivity index (χ1) is 15.1. The molecule has 31 heavy (non-hydrogen) atoms. The molecule has 0 bridgehead atoms. The number of nitrogens with zero attached hydrogens (tertiary/aromatic N) is 1. The fraction of sp³-hybridized carbons (Fsp3) is 0.185. The molecule has 0 aromatic heterocycles. The number of carbonyl (C=O) groups excluding carboxylic acids is 2. The van der Waals surface area contributed by atoms with Crippen LogP contribution in [0.3, 0.4) is 0 Å². The Labute approximate surface area is 183 Å². The first kappa shape index (κ1) is 20.6. The van der Waals surface area contributed by atoms with E-state index in [9.17, 15) is 9.59 Å². The predicted molar refractivity (Wildman–Crippen MR) is 123 cm³/mol. The van der Waals surface area contributed by atoms with Crippen LogP contribution in [-0.2, 0) is 4.79 Å². The maximum absolute atomic E-state index is 12.9. The van der Waals surface area contributed by atoms with E-state index in [4.69, 9.17) is 0 Å². The Kier molecular flexibility index (Phi) is 5.99. The minimum absolute atomic E-state index is 0.172. The molecule has 1 atom stereocenters. The Bertz CT molecular complexity index is 1020. The molecular weight excluding hydrogens is 384 g/mol. The summed E-state index contributed by atoms with van der Waals surface area (Å²) in [4.78, 5) is 27.2. The highest BCUT2D eigenvalue weighted by molar-refractivity contribution is 6.10. The number of nitrogens with one attached hydrogen (secondary N) is 1. The summed E-state index contributed by atoms with van der Waals surface area (Å²) >= 11 is 0. The molecule has 3 aromatic carbocycles. The van der Waals surface area contributed by atoms with Gasteiger partial charge in [0.25, 0.3) is 5.91 Å². The smallest absolute Gasteiger partial charge is 0.259 e. The lowest BCUT2D eigenvalue weighted by atomic mass is 9.88. The van der Waals surface area contributed by atoms with E-state index in [2.05, 4.69) is 36.2 Å². The van der Waals surface area contributed by atoms with Gasteiger partial charge in [-0.15, -0.1) is 0 Å². The number of benzene rings is 3. The van der Waals surface area contributed by atoms with Gasteiger partial charge in [0, 0.05) is 29.3 Å². The molecule has 1 N–H and O–H groups in total. The van der Waals surface area contributed by atoms with Gasteiger partial charge >= 0.3 is 0 Å². The number of hydrogen-bond donors (Lipinski definition) is 1. The van der Waals surface area contributed by atoms with Gasteiger partial charge in [-0.3, -0.25) is 14.5 Å². The first-order valence-electron chi connectivity index (χ1n) is 10.6. The Morgan fingerprint density at radius 2 is 1.39 bits per heavy atom. The van der Waals surface area contributed by atoms with Gasteiger partial charge in [-0.25, -0.2) is 0 Å². The number of carbonyl (C=O) groups is 2. The average molecular weight is 411 g/mol. The molecule has 0 unspecified atom stereocenters. The molecule has 0 saturated carbocycles. The average Bonchev–Trinajstić information content (AvgIpc) is 3.07. The summed E-state index contributed by atoms with van der Waals surface area (Å²) in [6.07, 6.45) is 0.765. The lowest BCUT2D eigenvalue weighted by molar-refractivity contribution is -0.124. The van der Waals surface area contributed by atoms with Gasteiger partial charge in [0.2, 0.25) is 5.91 Å². The third-order valence-electron chi connectivity index (χ3n) is 5.88. The Morgan fingerprint density at radius 3 is 1.94 bits per heavy atom. The molecule has 1 aliphatic heterocycles. The fourth-order valence-corrected chi connectivity index (χ4v) is 4.21. The zero-order valence-corrected chi connectivity index (χ0v) is 17.6. The molecular formula is C27H26N2O2. The zero-order chi connectivity index (χ0) is 21.8. The highest BCUT2D eigenvalue weighted by Gasteiger charge is 2.36. The summed E-state index contributed by atoms with van der Waals surface area (Å²) in [5.74, 6) is -0.164. The van der Waals surface area contributed by atoms with Crippen molar-refractivity contribution in [2.45, 2.75) is 25.3 Å². The number of amides is 2. The highest BCUT2D eigenvalue weighted by Crippen LogP contribution is 2.33. The summed E-state index contributed by atoms with van der Waals surface area (Å²) in [6.45, 7) is 6.30. The van der Waals surface area contributed by atoms with Crippen LogP contribution in [0.2, 0.25) is 0 Å². The number of hydrogen-bond acceptors (Lipinski definition) is 2. The van der Waals surface area contributed by atoms with Crippen LogP contribution < -0.4 is 5.32 Å². The molecule has 0 fully saturated rings. The lowest BCUT2D eigenvalue weighted by Crippen LogP contribution is -2.45. The largest absolute Gasteiger partial charge is 0.354 e. The highest BCUT2D eigenvalue weighted by atomic mass is 16.2. The van der Waals surface area contributed by atoms with Crippen LogP contribution in [-0.4, -0.2) is 29.3 Å². The van der Waals surface area contributed by atoms with Crippen molar-refractivity contribution in [1.82, 2.24) is 10.2 Å². The minimum Gasteiger partial charge on any atom is -0.354 e. The van der Waals surface area contributed by atoms with E-state index in [1.54, 1.807) is 13.0 Å². The molecule has 2 amide bonds. The second-order valence-corrected chi connectivity index (χ2v) is 7.80. The van der Waals surface area contributed by atoms with Crippen molar-refractivity contribution in [3.8, 4) is 0 Å². The standard InChI is InChI=1S/C27H26N2O2/c1-19-23-15-9-10-16-25(23)27(31)29(19)20(2)26(30)28-18-17-24(21-11-5-3-6-12-21)22-13-7-4-8-14-22/h3-16,20,24H,1,17-18H2,2H3,(H,28,30)/t20-/m0/s1. The van der Waals surface area contributed by atoms with Gasteiger partial charge < -0.3 is 5.32 Å². The van der Waals surface area contributed by atoms with E-state index in [0.717, 1.165) is 12.0 Å². The lowest BCUT2D eigenvalue weighted by Gasteiger charge is -2.25. The molecule has 156 valence electrons. The maximum Gasteiger partial charge on any atom is 0.259 e. The van der Waals surface area contributed by atoms with Crippen LogP contribution in [0.5, 0.6) is 0 Å². The van der Waals surface area contributed by atoms with Crippen molar-refractivity contribution in [1.29, 1.82) is 0 Å². The fourth-order valence-electron chi connectivity index (χ4n) is 4.21. The van der Waals surface area contributed by atoms with Gasteiger partial charge in [-0.05, 0) is 30.5 Å². The van der Waals surface area contributed by atoms with Crippen LogP contribution in [0.15, 0.2) is 91.5 Å². The van der Waals surface area contributed by atoms with Gasteiger partial charge in [0.05, 0.1) is 0 Å². The molecule has 1 aliphatic rings. The SMILES string of the molecule is C=C1c2ccccc2C(=O)N1[C@@H](C)C(=O)NCCC(c1ccccc1)c1ccccc1. The normalized spacial score (nSPS) is 13.9. The predicted octanol–water partition coefficient (Wildman–Crippen LogP) is 4.84. The number of rotatable bonds is 7. The zero-order valence-electron chi connectivity index (χ0n) is 17.6. The monoisotopic (exact) mass is 410 g/mol. The second-order valence-electron chi connectivity index (χ2n) is 7.80. The number of fused-ring (bicyclic) bond motifs is 1. The van der Waals surface area contributed by atoms with E-state index < -0.39 is 6.04 Å². The van der Waals surface area contributed by atoms with Crippen molar-refractivity contribution in [3.05, 3.63) is 114 Å². The van der Waals surface area contributed by atoms with Crippen LogP contribution >= 0.6 is 0 Å². The van der Waals surface area contributed by atoms with Crippen LogP contribution in [0.25, 0.3) is 5.70 Å². The van der Waals surface area contributed by atoms with E-state index in [1.165, 1.54) is 16.0 Å². The topological polar surface area (TPSA) is 49.4 Å². The van der Waals surface area contributed by atoms with Crippen LogP contribution in [0.1, 0.15) is 46.3 Å². The Morgan fingerprint density at radius 1 is 0.871 bits per heavy atom. The van der Waals surface area contributed by atoms with E-state index in [0.29, 0.717) is 17.8 Å². The van der Waals surface area contributed by atoms with Crippen molar-refractivity contribution < 1.29 is 9.59 Å². The molecule has 0 spiro atoms. The van der Waals surface area contributed by atoms with Gasteiger partial charge in [-0.1, -0.05) is 85.4 Å². The van der Waals surface area contributed by atoms with E-state index in [1.807, 2.05) is 54.6 Å². The van der Waals surface area contributed by atoms with Gasteiger partial charge in [0.15, 0.2) is 0 Å². The van der Waals surface area contributed by atoms with Crippen molar-refractivity contribution in [3.63, 3.8) is 0 Å². The summed E-state index contributed by atoms with van der Waals surface area (Å²) in [7, 11) is 0. The summed E-state index contributed by atoms with van der Waals surface area (Å²) in [5.41, 5.74) is 4.40. The van der Waals surface area contributed by atoms with Crippen molar-refractivity contribution >= 4 is 17.5 Å². The van der Waals surface area contributed by atoms with E-state index >= 15 is 0 Å². The second kappa shape index (κ2) is 9.00. The Balaban J connectivity index is 1.42. The van der Waals surface area contributed by atoms with Crippen molar-refractivity contribution in [2.75, 3.05) is 6.54 Å². The van der Waals surface area contributed by atoms with Crippen LogP contribution in [0, 0.1) is 0 Å². The molecule has 0 aliphatic carbocycles. The summed E-state index contributed by atoms with van der Waals surface area (Å²) in [6, 6.07) is 27.3. The third-order valence-corrected chi connectivity index (χ3v) is 5.88.